The molecule has 1 aromatic heterocycles. The van der Waals surface area contributed by atoms with Crippen molar-refractivity contribution in [1.29, 1.82) is 0 Å². The van der Waals surface area contributed by atoms with Crippen LogP contribution in [0.5, 0.6) is 5.75 Å². The summed E-state index contributed by atoms with van der Waals surface area (Å²) >= 11 is 0. The molecule has 0 fully saturated rings. The van der Waals surface area contributed by atoms with Gasteiger partial charge in [-0.15, -0.1) is 0 Å². The highest BCUT2D eigenvalue weighted by atomic mass is 16.5. The van der Waals surface area contributed by atoms with E-state index in [1.807, 2.05) is 33.9 Å². The Kier molecular flexibility index (Phi) is 15.8. The standard InChI is InChI=1S/C22H20NO.C8H18N2O.2C2H6.H2/c1-13-5-6-16(11-22(13)24-4)18-12-19(18)17-7-8-23-21-10-15(3)14(2)9-20(17)21;1-3-4-5-6-7-9-10-8(2)11;2*1-2;/h5-12H,1-4H3;9H,3-7H2,1-2H3,(H,10,11);2*1-2H3;1H. The van der Waals surface area contributed by atoms with Crippen molar-refractivity contribution in [3.63, 3.8) is 0 Å². The van der Waals surface area contributed by atoms with Gasteiger partial charge in [0, 0.05) is 32.9 Å². The minimum Gasteiger partial charge on any atom is -0.496 e. The average molecular weight is 535 g/mol. The number of aromatic nitrogens is 1. The number of benzene rings is 2. The quantitative estimate of drug-likeness (QED) is 0.213. The molecule has 1 amide bonds. The summed E-state index contributed by atoms with van der Waals surface area (Å²) in [5.41, 5.74) is 15.2. The van der Waals surface area contributed by atoms with E-state index in [0.717, 1.165) is 29.8 Å². The van der Waals surface area contributed by atoms with Gasteiger partial charge in [-0.25, -0.2) is 5.43 Å². The Morgan fingerprint density at radius 2 is 1.59 bits per heavy atom. The van der Waals surface area contributed by atoms with Crippen molar-refractivity contribution in [3.8, 4) is 5.75 Å². The lowest BCUT2D eigenvalue weighted by molar-refractivity contribution is -0.119. The lowest BCUT2D eigenvalue weighted by atomic mass is 10.0. The number of hydrogen-bond donors (Lipinski definition) is 2. The van der Waals surface area contributed by atoms with Crippen molar-refractivity contribution in [2.45, 2.75) is 88.0 Å². The van der Waals surface area contributed by atoms with Crippen molar-refractivity contribution in [1.82, 2.24) is 15.8 Å². The summed E-state index contributed by atoms with van der Waals surface area (Å²) in [6.07, 6.45) is 9.05. The molecule has 3 aromatic rings. The highest BCUT2D eigenvalue weighted by Crippen LogP contribution is 2.48. The number of methoxy groups -OCH3 is 1. The number of rotatable bonds is 9. The first-order valence-corrected chi connectivity index (χ1v) is 14.5. The van der Waals surface area contributed by atoms with Crippen molar-refractivity contribution in [2.75, 3.05) is 13.7 Å². The number of nitrogens with zero attached hydrogens (tertiary/aromatic N) is 1. The lowest BCUT2D eigenvalue weighted by Crippen LogP contribution is -2.36. The molecule has 39 heavy (non-hydrogen) atoms. The first-order chi connectivity index (χ1) is 18.8. The van der Waals surface area contributed by atoms with Crippen LogP contribution < -0.4 is 15.6 Å². The minimum absolute atomic E-state index is 0. The van der Waals surface area contributed by atoms with E-state index in [9.17, 15) is 4.79 Å². The molecule has 1 radical (unpaired) electrons. The maximum Gasteiger partial charge on any atom is 0.230 e. The first-order valence-electron chi connectivity index (χ1n) is 14.5. The Balaban J connectivity index is 0.000000813. The smallest absolute Gasteiger partial charge is 0.230 e. The van der Waals surface area contributed by atoms with Gasteiger partial charge in [0.05, 0.1) is 12.6 Å². The average Bonchev–Trinajstić information content (AvgIpc) is 3.74. The lowest BCUT2D eigenvalue weighted by Gasteiger charge is -2.07. The zero-order chi connectivity index (χ0) is 29.4. The van der Waals surface area contributed by atoms with Gasteiger partial charge in [-0.05, 0) is 90.4 Å². The molecule has 0 aliphatic heterocycles. The van der Waals surface area contributed by atoms with Gasteiger partial charge >= 0.3 is 0 Å². The van der Waals surface area contributed by atoms with E-state index < -0.39 is 0 Å². The molecule has 1 aliphatic rings. The van der Waals surface area contributed by atoms with Crippen LogP contribution in [0, 0.1) is 27.2 Å². The number of hydrogen-bond acceptors (Lipinski definition) is 4. The molecule has 2 aromatic carbocycles. The van der Waals surface area contributed by atoms with E-state index in [1.165, 1.54) is 65.0 Å². The molecule has 0 unspecified atom stereocenters. The van der Waals surface area contributed by atoms with Crippen LogP contribution >= 0.6 is 0 Å². The second kappa shape index (κ2) is 18.2. The van der Waals surface area contributed by atoms with Gasteiger partial charge in [-0.3, -0.25) is 15.2 Å². The number of carbonyl (C=O) groups excluding carboxylic acids is 1. The fraction of sp³-hybridized carbons (Fsp3) is 0.441. The van der Waals surface area contributed by atoms with E-state index in [2.05, 4.69) is 86.3 Å². The zero-order valence-corrected chi connectivity index (χ0v) is 25.9. The SMILES string of the molecule is CC.CC.CCCCCCNNC(C)=O.COc1cc(C2=C(c3ccnc4cc(C)c(C)cc34)[CH]2)ccc1C.[HH]. The number of hydrazine groups is 1. The van der Waals surface area contributed by atoms with Gasteiger partial charge in [-0.1, -0.05) is 66.0 Å². The summed E-state index contributed by atoms with van der Waals surface area (Å²) in [6, 6.07) is 12.9. The third kappa shape index (κ3) is 10.5. The second-order valence-corrected chi connectivity index (χ2v) is 9.14. The van der Waals surface area contributed by atoms with Crippen LogP contribution in [0.4, 0.5) is 0 Å². The molecule has 1 heterocycles. The highest BCUT2D eigenvalue weighted by molar-refractivity contribution is 6.20. The highest BCUT2D eigenvalue weighted by Gasteiger charge is 2.27. The molecule has 0 saturated heterocycles. The number of aryl methyl sites for hydroxylation is 3. The largest absolute Gasteiger partial charge is 0.496 e. The fourth-order valence-corrected chi connectivity index (χ4v) is 4.02. The molecule has 0 saturated carbocycles. The zero-order valence-electron chi connectivity index (χ0n) is 25.9. The molecule has 4 rings (SSSR count). The molecule has 5 heteroatoms. The van der Waals surface area contributed by atoms with Crippen molar-refractivity contribution in [2.24, 2.45) is 0 Å². The molecule has 0 atom stereocenters. The summed E-state index contributed by atoms with van der Waals surface area (Å²) < 4.78 is 5.46. The van der Waals surface area contributed by atoms with Crippen molar-refractivity contribution in [3.05, 3.63) is 76.8 Å². The van der Waals surface area contributed by atoms with Crippen LogP contribution in [0.3, 0.4) is 0 Å². The fourth-order valence-electron chi connectivity index (χ4n) is 4.02. The van der Waals surface area contributed by atoms with Gasteiger partial charge in [-0.2, -0.15) is 0 Å². The topological polar surface area (TPSA) is 63.2 Å². The van der Waals surface area contributed by atoms with Crippen molar-refractivity contribution >= 4 is 28.0 Å². The first kappa shape index (κ1) is 33.8. The Bertz CT molecular complexity index is 1220. The third-order valence-corrected chi connectivity index (χ3v) is 6.28. The number of nitrogens with one attached hydrogen (secondary N) is 2. The van der Waals surface area contributed by atoms with Crippen LogP contribution in [-0.4, -0.2) is 24.5 Å². The molecule has 0 bridgehead atoms. The third-order valence-electron chi connectivity index (χ3n) is 6.28. The van der Waals surface area contributed by atoms with Crippen LogP contribution in [0.1, 0.15) is 96.5 Å². The van der Waals surface area contributed by atoms with E-state index in [-0.39, 0.29) is 7.33 Å². The van der Waals surface area contributed by atoms with Gasteiger partial charge < -0.3 is 4.74 Å². The number of carbonyl (C=O) groups is 1. The summed E-state index contributed by atoms with van der Waals surface area (Å²) in [4.78, 5) is 14.9. The maximum atomic E-state index is 10.4. The summed E-state index contributed by atoms with van der Waals surface area (Å²) in [7, 11) is 1.72. The molecule has 1 aliphatic carbocycles. The molecule has 0 spiro atoms. The second-order valence-electron chi connectivity index (χ2n) is 9.14. The number of allylic oxidation sites excluding steroid dienone is 2. The molecular weight excluding hydrogens is 482 g/mol. The summed E-state index contributed by atoms with van der Waals surface area (Å²) in [5, 5.41) is 1.22. The Labute approximate surface area is 238 Å². The van der Waals surface area contributed by atoms with Gasteiger partial charge in [0.1, 0.15) is 5.75 Å². The Morgan fingerprint density at radius 1 is 0.897 bits per heavy atom. The molecule has 5 nitrogen and oxygen atoms in total. The normalized spacial score (nSPS) is 11.3. The van der Waals surface area contributed by atoms with Crippen molar-refractivity contribution < 1.29 is 11.0 Å². The maximum absolute atomic E-state index is 10.4. The van der Waals surface area contributed by atoms with Gasteiger partial charge in [0.25, 0.3) is 0 Å². The van der Waals surface area contributed by atoms with E-state index in [1.54, 1.807) is 7.11 Å². The van der Waals surface area contributed by atoms with Gasteiger partial charge in [0.15, 0.2) is 0 Å². The van der Waals surface area contributed by atoms with Crippen LogP contribution in [0.25, 0.3) is 22.0 Å². The number of unbranched alkanes of at least 4 members (excludes halogenated alkanes) is 3. The Hall–Kier alpha value is -3.18. The number of pyridine rings is 1. The molecule has 215 valence electrons. The van der Waals surface area contributed by atoms with E-state index in [0.29, 0.717) is 0 Å². The molecular formula is C34H52N3O2. The van der Waals surface area contributed by atoms with Crippen LogP contribution in [0.2, 0.25) is 0 Å². The predicted molar refractivity (Wildman–Crippen MR) is 171 cm³/mol. The number of amides is 1. The minimum atomic E-state index is -0.0273. The monoisotopic (exact) mass is 534 g/mol. The van der Waals surface area contributed by atoms with E-state index >= 15 is 0 Å². The Morgan fingerprint density at radius 3 is 2.23 bits per heavy atom. The predicted octanol–water partition coefficient (Wildman–Crippen LogP) is 8.80. The summed E-state index contributed by atoms with van der Waals surface area (Å²) in [6.45, 7) is 18.9. The van der Waals surface area contributed by atoms with Crippen LogP contribution in [0.15, 0.2) is 42.6 Å². The van der Waals surface area contributed by atoms with E-state index in [4.69, 9.17) is 4.74 Å². The summed E-state index contributed by atoms with van der Waals surface area (Å²) in [5.74, 6) is 0.909. The van der Waals surface area contributed by atoms with Gasteiger partial charge in [0.2, 0.25) is 5.91 Å². The number of ether oxygens (including phenoxy) is 1. The van der Waals surface area contributed by atoms with Crippen LogP contribution in [-0.2, 0) is 4.79 Å². The number of fused-ring (bicyclic) bond motifs is 1. The molecule has 2 N–H and O–H groups in total.